The summed E-state index contributed by atoms with van der Waals surface area (Å²) in [6, 6.07) is 8.31. The van der Waals surface area contributed by atoms with Crippen molar-refractivity contribution in [2.75, 3.05) is 18.0 Å². The zero-order valence-corrected chi connectivity index (χ0v) is 13.0. The fraction of sp³-hybridized carbons (Fsp3) is 0.250. The maximum Gasteiger partial charge on any atom is 0.162 e. The van der Waals surface area contributed by atoms with Gasteiger partial charge in [-0.25, -0.2) is 9.97 Å². The number of halogens is 1. The largest absolute Gasteiger partial charge is 0.372 e. The molecule has 0 N–H and O–H groups in total. The summed E-state index contributed by atoms with van der Waals surface area (Å²) in [7, 11) is 0. The van der Waals surface area contributed by atoms with E-state index in [-0.39, 0.29) is 0 Å². The van der Waals surface area contributed by atoms with Gasteiger partial charge in [0.25, 0.3) is 0 Å². The summed E-state index contributed by atoms with van der Waals surface area (Å²) in [5, 5.41) is 5.52. The van der Waals surface area contributed by atoms with Crippen molar-refractivity contribution in [2.24, 2.45) is 0 Å². The number of hydrogen-bond donors (Lipinski definition) is 0. The van der Waals surface area contributed by atoms with Crippen LogP contribution in [-0.2, 0) is 0 Å². The second-order valence-electron chi connectivity index (χ2n) is 5.25. The molecular formula is C16H14ClN3S. The molecule has 1 aromatic carbocycles. The Morgan fingerprint density at radius 1 is 1.10 bits per heavy atom. The number of hydrogen-bond acceptors (Lipinski definition) is 4. The summed E-state index contributed by atoms with van der Waals surface area (Å²) in [5.41, 5.74) is 3.14. The summed E-state index contributed by atoms with van der Waals surface area (Å²) >= 11 is 8.03. The molecule has 0 saturated carbocycles. The average Bonchev–Trinajstić information content (AvgIpc) is 3.20. The van der Waals surface area contributed by atoms with Crippen molar-refractivity contribution >= 4 is 39.5 Å². The van der Waals surface area contributed by atoms with Gasteiger partial charge in [-0.15, -0.1) is 0 Å². The Hall–Kier alpha value is -1.65. The third-order valence-corrected chi connectivity index (χ3v) is 4.85. The normalized spacial score (nSPS) is 15.0. The van der Waals surface area contributed by atoms with E-state index in [0.29, 0.717) is 11.0 Å². The zero-order chi connectivity index (χ0) is 14.2. The van der Waals surface area contributed by atoms with E-state index in [9.17, 15) is 0 Å². The van der Waals surface area contributed by atoms with Crippen LogP contribution < -0.4 is 4.90 Å². The topological polar surface area (TPSA) is 29.0 Å². The van der Waals surface area contributed by atoms with Gasteiger partial charge in [-0.05, 0) is 42.5 Å². The van der Waals surface area contributed by atoms with Crippen LogP contribution in [0, 0.1) is 0 Å². The monoisotopic (exact) mass is 315 g/mol. The highest BCUT2D eigenvalue weighted by Gasteiger charge is 2.14. The summed E-state index contributed by atoms with van der Waals surface area (Å²) < 4.78 is 0. The fourth-order valence-electron chi connectivity index (χ4n) is 2.77. The Morgan fingerprint density at radius 2 is 1.95 bits per heavy atom. The quantitative estimate of drug-likeness (QED) is 0.647. The lowest BCUT2D eigenvalue weighted by Gasteiger charge is -2.18. The van der Waals surface area contributed by atoms with Crippen LogP contribution in [-0.4, -0.2) is 23.1 Å². The Bertz CT molecular complexity index is 780. The van der Waals surface area contributed by atoms with Crippen LogP contribution in [0.1, 0.15) is 12.8 Å². The molecule has 0 radical (unpaired) electrons. The molecule has 21 heavy (non-hydrogen) atoms. The van der Waals surface area contributed by atoms with E-state index in [0.717, 1.165) is 29.6 Å². The van der Waals surface area contributed by atoms with Crippen LogP contribution in [0.4, 0.5) is 5.69 Å². The number of nitrogens with zero attached hydrogens (tertiary/aromatic N) is 3. The SMILES string of the molecule is Clc1nc(-c2ccsc2)nc2ccc(N3CCCC3)cc12. The van der Waals surface area contributed by atoms with Gasteiger partial charge in [0.1, 0.15) is 5.15 Å². The molecule has 1 saturated heterocycles. The summed E-state index contributed by atoms with van der Waals surface area (Å²) in [5.74, 6) is 0.697. The van der Waals surface area contributed by atoms with Crippen LogP contribution >= 0.6 is 22.9 Å². The zero-order valence-electron chi connectivity index (χ0n) is 11.4. The first-order valence-electron chi connectivity index (χ1n) is 7.06. The second-order valence-corrected chi connectivity index (χ2v) is 6.38. The van der Waals surface area contributed by atoms with Crippen molar-refractivity contribution in [3.8, 4) is 11.4 Å². The predicted molar refractivity (Wildman–Crippen MR) is 89.3 cm³/mol. The summed E-state index contributed by atoms with van der Waals surface area (Å²) in [4.78, 5) is 11.5. The van der Waals surface area contributed by atoms with Crippen LogP contribution in [0.25, 0.3) is 22.3 Å². The molecule has 2 aromatic heterocycles. The molecule has 1 fully saturated rings. The Balaban J connectivity index is 1.82. The highest BCUT2D eigenvalue weighted by molar-refractivity contribution is 7.08. The molecule has 0 atom stereocenters. The van der Waals surface area contributed by atoms with Crippen molar-refractivity contribution in [1.29, 1.82) is 0 Å². The molecule has 4 rings (SSSR count). The van der Waals surface area contributed by atoms with Crippen molar-refractivity contribution in [2.45, 2.75) is 12.8 Å². The van der Waals surface area contributed by atoms with Gasteiger partial charge in [-0.3, -0.25) is 0 Å². The maximum absolute atomic E-state index is 6.39. The molecule has 0 spiro atoms. The molecule has 106 valence electrons. The number of aromatic nitrogens is 2. The minimum absolute atomic E-state index is 0.530. The smallest absolute Gasteiger partial charge is 0.162 e. The minimum Gasteiger partial charge on any atom is -0.372 e. The molecule has 3 nitrogen and oxygen atoms in total. The van der Waals surface area contributed by atoms with Crippen molar-refractivity contribution in [3.05, 3.63) is 40.2 Å². The molecular weight excluding hydrogens is 302 g/mol. The molecule has 3 aromatic rings. The molecule has 5 heteroatoms. The van der Waals surface area contributed by atoms with Crippen molar-refractivity contribution < 1.29 is 0 Å². The fourth-order valence-corrected chi connectivity index (χ4v) is 3.64. The van der Waals surface area contributed by atoms with Gasteiger partial charge in [-0.2, -0.15) is 11.3 Å². The van der Waals surface area contributed by atoms with Gasteiger partial charge in [0.15, 0.2) is 5.82 Å². The van der Waals surface area contributed by atoms with Crippen LogP contribution in [0.3, 0.4) is 0 Å². The summed E-state index contributed by atoms with van der Waals surface area (Å²) in [6.07, 6.45) is 2.53. The van der Waals surface area contributed by atoms with Crippen LogP contribution in [0.2, 0.25) is 5.15 Å². The first kappa shape index (κ1) is 13.0. The standard InChI is InChI=1S/C16H14ClN3S/c17-15-13-9-12(20-6-1-2-7-20)3-4-14(13)18-16(19-15)11-5-8-21-10-11/h3-5,8-10H,1-2,6-7H2. The number of thiophene rings is 1. The second kappa shape index (κ2) is 5.28. The Kier molecular flexibility index (Phi) is 3.28. The van der Waals surface area contributed by atoms with Gasteiger partial charge in [0.2, 0.25) is 0 Å². The number of benzene rings is 1. The van der Waals surface area contributed by atoms with Gasteiger partial charge in [-0.1, -0.05) is 11.6 Å². The molecule has 0 bridgehead atoms. The van der Waals surface area contributed by atoms with Gasteiger partial charge >= 0.3 is 0 Å². The van der Waals surface area contributed by atoms with E-state index < -0.39 is 0 Å². The Labute approximate surface area is 132 Å². The van der Waals surface area contributed by atoms with E-state index in [2.05, 4.69) is 27.0 Å². The van der Waals surface area contributed by atoms with Crippen LogP contribution in [0.15, 0.2) is 35.0 Å². The van der Waals surface area contributed by atoms with Crippen molar-refractivity contribution in [1.82, 2.24) is 9.97 Å². The first-order chi connectivity index (χ1) is 10.3. The number of fused-ring (bicyclic) bond motifs is 1. The molecule has 3 heterocycles. The highest BCUT2D eigenvalue weighted by atomic mass is 35.5. The first-order valence-corrected chi connectivity index (χ1v) is 8.38. The maximum atomic E-state index is 6.39. The number of anilines is 1. The van der Waals surface area contributed by atoms with Crippen molar-refractivity contribution in [3.63, 3.8) is 0 Å². The molecule has 1 aliphatic rings. The lowest BCUT2D eigenvalue weighted by atomic mass is 10.2. The average molecular weight is 316 g/mol. The van der Waals surface area contributed by atoms with Gasteiger partial charge in [0, 0.05) is 35.1 Å². The molecule has 0 aliphatic carbocycles. The van der Waals surface area contributed by atoms with E-state index in [1.54, 1.807) is 11.3 Å². The minimum atomic E-state index is 0.530. The molecule has 1 aliphatic heterocycles. The van der Waals surface area contributed by atoms with E-state index in [1.165, 1.54) is 18.5 Å². The Morgan fingerprint density at radius 3 is 2.71 bits per heavy atom. The van der Waals surface area contributed by atoms with Crippen LogP contribution in [0.5, 0.6) is 0 Å². The molecule has 0 amide bonds. The third-order valence-electron chi connectivity index (χ3n) is 3.88. The van der Waals surface area contributed by atoms with E-state index in [1.807, 2.05) is 22.9 Å². The third kappa shape index (κ3) is 2.39. The van der Waals surface area contributed by atoms with E-state index in [4.69, 9.17) is 11.6 Å². The van der Waals surface area contributed by atoms with E-state index >= 15 is 0 Å². The van der Waals surface area contributed by atoms with Gasteiger partial charge in [0.05, 0.1) is 5.52 Å². The molecule has 0 unspecified atom stereocenters. The number of rotatable bonds is 2. The highest BCUT2D eigenvalue weighted by Crippen LogP contribution is 2.30. The van der Waals surface area contributed by atoms with Gasteiger partial charge < -0.3 is 4.90 Å². The lowest BCUT2D eigenvalue weighted by molar-refractivity contribution is 0.949. The summed E-state index contributed by atoms with van der Waals surface area (Å²) in [6.45, 7) is 2.24. The predicted octanol–water partition coefficient (Wildman–Crippen LogP) is 4.61. The lowest BCUT2D eigenvalue weighted by Crippen LogP contribution is -2.17.